The van der Waals surface area contributed by atoms with Crippen LogP contribution in [0, 0.1) is 11.3 Å². The lowest BCUT2D eigenvalue weighted by molar-refractivity contribution is -0.142. The quantitative estimate of drug-likeness (QED) is 0.778. The SMILES string of the molecule is CC(C)(C)C(=O)N1CCN(CC(=O)N2CCCC(C(N)=O)C2)CC1. The zero-order valence-electron chi connectivity index (χ0n) is 15.1. The Bertz CT molecular complexity index is 493. The summed E-state index contributed by atoms with van der Waals surface area (Å²) in [5.74, 6) is -0.323. The number of likely N-dealkylation sites (tertiary alicyclic amines) is 1. The molecule has 2 heterocycles. The summed E-state index contributed by atoms with van der Waals surface area (Å²) >= 11 is 0. The Morgan fingerprint density at radius 2 is 1.62 bits per heavy atom. The molecule has 7 heteroatoms. The number of carbonyl (C=O) groups is 3. The van der Waals surface area contributed by atoms with E-state index in [1.54, 1.807) is 4.90 Å². The van der Waals surface area contributed by atoms with E-state index < -0.39 is 0 Å². The topological polar surface area (TPSA) is 87.0 Å². The first-order valence-corrected chi connectivity index (χ1v) is 8.77. The molecule has 0 aromatic rings. The van der Waals surface area contributed by atoms with E-state index in [0.717, 1.165) is 12.8 Å². The molecule has 2 N–H and O–H groups in total. The molecule has 0 aromatic heterocycles. The Hall–Kier alpha value is -1.63. The third kappa shape index (κ3) is 4.69. The number of piperazine rings is 1. The van der Waals surface area contributed by atoms with E-state index >= 15 is 0 Å². The monoisotopic (exact) mass is 338 g/mol. The molecule has 2 rings (SSSR count). The molecule has 0 aromatic carbocycles. The van der Waals surface area contributed by atoms with E-state index in [-0.39, 0.29) is 29.1 Å². The maximum atomic E-state index is 12.5. The van der Waals surface area contributed by atoms with Crippen molar-refractivity contribution in [2.75, 3.05) is 45.8 Å². The van der Waals surface area contributed by atoms with Crippen LogP contribution in [0.3, 0.4) is 0 Å². The predicted octanol–water partition coefficient (Wildman–Crippen LogP) is -0.0994. The van der Waals surface area contributed by atoms with Crippen LogP contribution in [0.15, 0.2) is 0 Å². The van der Waals surface area contributed by atoms with Crippen molar-refractivity contribution in [3.05, 3.63) is 0 Å². The van der Waals surface area contributed by atoms with E-state index in [2.05, 4.69) is 4.90 Å². The summed E-state index contributed by atoms with van der Waals surface area (Å²) in [6, 6.07) is 0. The molecule has 7 nitrogen and oxygen atoms in total. The van der Waals surface area contributed by atoms with Crippen LogP contribution in [0.5, 0.6) is 0 Å². The molecule has 1 unspecified atom stereocenters. The molecule has 24 heavy (non-hydrogen) atoms. The van der Waals surface area contributed by atoms with E-state index in [4.69, 9.17) is 5.73 Å². The van der Waals surface area contributed by atoms with Gasteiger partial charge in [0, 0.05) is 44.7 Å². The standard InChI is InChI=1S/C17H30N4O3/c1-17(2,3)16(24)20-9-7-19(8-10-20)12-14(22)21-6-4-5-13(11-21)15(18)23/h13H,4-12H2,1-3H3,(H2,18,23). The van der Waals surface area contributed by atoms with Gasteiger partial charge in [-0.3, -0.25) is 19.3 Å². The number of primary amides is 1. The minimum atomic E-state index is -0.366. The molecule has 0 radical (unpaired) electrons. The third-order valence-electron chi connectivity index (χ3n) is 4.84. The summed E-state index contributed by atoms with van der Waals surface area (Å²) in [5, 5.41) is 0. The average molecular weight is 338 g/mol. The van der Waals surface area contributed by atoms with Crippen LogP contribution in [0.2, 0.25) is 0 Å². The predicted molar refractivity (Wildman–Crippen MR) is 91.0 cm³/mol. The summed E-state index contributed by atoms with van der Waals surface area (Å²) < 4.78 is 0. The van der Waals surface area contributed by atoms with Crippen molar-refractivity contribution in [1.29, 1.82) is 0 Å². The van der Waals surface area contributed by atoms with Crippen molar-refractivity contribution in [3.63, 3.8) is 0 Å². The molecular formula is C17H30N4O3. The van der Waals surface area contributed by atoms with Crippen LogP contribution in [-0.2, 0) is 14.4 Å². The molecular weight excluding hydrogens is 308 g/mol. The zero-order chi connectivity index (χ0) is 17.9. The first kappa shape index (κ1) is 18.7. The number of rotatable bonds is 3. The minimum Gasteiger partial charge on any atom is -0.369 e. The van der Waals surface area contributed by atoms with Gasteiger partial charge >= 0.3 is 0 Å². The van der Waals surface area contributed by atoms with Gasteiger partial charge < -0.3 is 15.5 Å². The fraction of sp³-hybridized carbons (Fsp3) is 0.824. The van der Waals surface area contributed by atoms with E-state index in [0.29, 0.717) is 45.8 Å². The molecule has 1 atom stereocenters. The molecule has 0 spiro atoms. The second-order valence-corrected chi connectivity index (χ2v) is 7.90. The summed E-state index contributed by atoms with van der Waals surface area (Å²) in [5.41, 5.74) is 5.00. The van der Waals surface area contributed by atoms with E-state index in [1.165, 1.54) is 0 Å². The van der Waals surface area contributed by atoms with Gasteiger partial charge in [-0.2, -0.15) is 0 Å². The third-order valence-corrected chi connectivity index (χ3v) is 4.84. The largest absolute Gasteiger partial charge is 0.369 e. The number of piperidine rings is 1. The fourth-order valence-corrected chi connectivity index (χ4v) is 3.31. The van der Waals surface area contributed by atoms with Crippen molar-refractivity contribution in [3.8, 4) is 0 Å². The van der Waals surface area contributed by atoms with E-state index in [1.807, 2.05) is 25.7 Å². The second-order valence-electron chi connectivity index (χ2n) is 7.90. The average Bonchev–Trinajstić information content (AvgIpc) is 2.54. The molecule has 0 aliphatic carbocycles. The molecule has 2 saturated heterocycles. The van der Waals surface area contributed by atoms with Gasteiger partial charge in [0.05, 0.1) is 12.5 Å². The number of carbonyl (C=O) groups excluding carboxylic acids is 3. The highest BCUT2D eigenvalue weighted by atomic mass is 16.2. The normalized spacial score (nSPS) is 23.2. The van der Waals surface area contributed by atoms with Gasteiger partial charge in [-0.1, -0.05) is 20.8 Å². The Kier molecular flexibility index (Phi) is 5.85. The van der Waals surface area contributed by atoms with Crippen molar-refractivity contribution >= 4 is 17.7 Å². The van der Waals surface area contributed by atoms with Crippen LogP contribution >= 0.6 is 0 Å². The molecule has 2 fully saturated rings. The second kappa shape index (κ2) is 7.51. The number of hydrogen-bond donors (Lipinski definition) is 1. The number of nitrogens with two attached hydrogens (primary N) is 1. The van der Waals surface area contributed by atoms with Crippen molar-refractivity contribution in [2.24, 2.45) is 17.1 Å². The summed E-state index contributed by atoms with van der Waals surface area (Å²) in [4.78, 5) is 41.8. The molecule has 0 saturated carbocycles. The fourth-order valence-electron chi connectivity index (χ4n) is 3.31. The van der Waals surface area contributed by atoms with Gasteiger partial charge in [0.25, 0.3) is 0 Å². The smallest absolute Gasteiger partial charge is 0.236 e. The zero-order valence-corrected chi connectivity index (χ0v) is 15.1. The van der Waals surface area contributed by atoms with Gasteiger partial charge in [-0.15, -0.1) is 0 Å². The number of nitrogens with zero attached hydrogens (tertiary/aromatic N) is 3. The van der Waals surface area contributed by atoms with Gasteiger partial charge in [0.1, 0.15) is 0 Å². The highest BCUT2D eigenvalue weighted by molar-refractivity contribution is 5.82. The van der Waals surface area contributed by atoms with Crippen molar-refractivity contribution < 1.29 is 14.4 Å². The summed E-state index contributed by atoms with van der Waals surface area (Å²) in [6.45, 7) is 10.0. The molecule has 136 valence electrons. The van der Waals surface area contributed by atoms with Gasteiger partial charge in [0.2, 0.25) is 17.7 Å². The van der Waals surface area contributed by atoms with Crippen molar-refractivity contribution in [2.45, 2.75) is 33.6 Å². The van der Waals surface area contributed by atoms with Crippen molar-refractivity contribution in [1.82, 2.24) is 14.7 Å². The first-order chi connectivity index (χ1) is 11.2. The highest BCUT2D eigenvalue weighted by Crippen LogP contribution is 2.19. The lowest BCUT2D eigenvalue weighted by atomic mass is 9.94. The minimum absolute atomic E-state index is 0.0524. The lowest BCUT2D eigenvalue weighted by Gasteiger charge is -2.38. The molecule has 3 amide bonds. The van der Waals surface area contributed by atoms with Crippen LogP contribution < -0.4 is 5.73 Å². The van der Waals surface area contributed by atoms with Crippen LogP contribution in [0.25, 0.3) is 0 Å². The number of amides is 3. The van der Waals surface area contributed by atoms with Crippen LogP contribution in [-0.4, -0.2) is 78.2 Å². The Labute approximate surface area is 144 Å². The lowest BCUT2D eigenvalue weighted by Crippen LogP contribution is -2.54. The maximum absolute atomic E-state index is 12.5. The van der Waals surface area contributed by atoms with Gasteiger partial charge in [0.15, 0.2) is 0 Å². The molecule has 2 aliphatic rings. The maximum Gasteiger partial charge on any atom is 0.236 e. The Balaban J connectivity index is 1.80. The Morgan fingerprint density at radius 1 is 1.00 bits per heavy atom. The summed E-state index contributed by atoms with van der Waals surface area (Å²) in [6.07, 6.45) is 1.60. The highest BCUT2D eigenvalue weighted by Gasteiger charge is 2.31. The van der Waals surface area contributed by atoms with Crippen LogP contribution in [0.4, 0.5) is 0 Å². The molecule has 0 bridgehead atoms. The van der Waals surface area contributed by atoms with Gasteiger partial charge in [-0.25, -0.2) is 0 Å². The Morgan fingerprint density at radius 3 is 2.17 bits per heavy atom. The van der Waals surface area contributed by atoms with Gasteiger partial charge in [-0.05, 0) is 12.8 Å². The number of hydrogen-bond acceptors (Lipinski definition) is 4. The molecule has 2 aliphatic heterocycles. The first-order valence-electron chi connectivity index (χ1n) is 8.77. The van der Waals surface area contributed by atoms with E-state index in [9.17, 15) is 14.4 Å². The van der Waals surface area contributed by atoms with Crippen LogP contribution in [0.1, 0.15) is 33.6 Å². The summed E-state index contributed by atoms with van der Waals surface area (Å²) in [7, 11) is 0.